The van der Waals surface area contributed by atoms with Crippen LogP contribution >= 0.6 is 11.8 Å². The SMILES string of the molecule is O=C1CSC(=NN=Cc2ccc(Oc3cc(-n4cccn4)ncn3)cc2)N1. The summed E-state index contributed by atoms with van der Waals surface area (Å²) >= 11 is 1.33. The van der Waals surface area contributed by atoms with Crippen molar-refractivity contribution < 1.29 is 9.53 Å². The third-order valence-corrected chi connectivity index (χ3v) is 4.27. The van der Waals surface area contributed by atoms with E-state index in [1.165, 1.54) is 18.1 Å². The van der Waals surface area contributed by atoms with Crippen molar-refractivity contribution in [1.29, 1.82) is 0 Å². The van der Waals surface area contributed by atoms with E-state index >= 15 is 0 Å². The number of carbonyl (C=O) groups is 1. The number of rotatable bonds is 5. The number of hydrogen-bond acceptors (Lipinski definition) is 8. The van der Waals surface area contributed by atoms with Gasteiger partial charge in [0.15, 0.2) is 11.0 Å². The first-order valence-electron chi connectivity index (χ1n) is 7.90. The molecule has 9 nitrogen and oxygen atoms in total. The fourth-order valence-corrected chi connectivity index (χ4v) is 2.82. The van der Waals surface area contributed by atoms with Gasteiger partial charge in [0.25, 0.3) is 0 Å². The molecular formula is C17H13N7O2S. The van der Waals surface area contributed by atoms with Crippen LogP contribution in [0.15, 0.2) is 65.3 Å². The lowest BCUT2D eigenvalue weighted by atomic mass is 10.2. The van der Waals surface area contributed by atoms with Gasteiger partial charge in [0, 0.05) is 18.5 Å². The Morgan fingerprint density at radius 3 is 2.89 bits per heavy atom. The molecule has 1 N–H and O–H groups in total. The maximum Gasteiger partial charge on any atom is 0.236 e. The minimum Gasteiger partial charge on any atom is -0.439 e. The number of amidine groups is 1. The second-order valence-electron chi connectivity index (χ2n) is 5.32. The first kappa shape index (κ1) is 16.9. The second-order valence-corrected chi connectivity index (χ2v) is 6.29. The van der Waals surface area contributed by atoms with Gasteiger partial charge in [-0.05, 0) is 35.9 Å². The molecule has 27 heavy (non-hydrogen) atoms. The van der Waals surface area contributed by atoms with E-state index in [1.807, 2.05) is 18.2 Å². The lowest BCUT2D eigenvalue weighted by Gasteiger charge is -2.06. The molecular weight excluding hydrogens is 366 g/mol. The van der Waals surface area contributed by atoms with Crippen molar-refractivity contribution in [1.82, 2.24) is 25.1 Å². The highest BCUT2D eigenvalue weighted by molar-refractivity contribution is 8.15. The standard InChI is InChI=1S/C17H13N7O2S/c25-15-10-27-17(22-15)23-20-9-12-2-4-13(5-3-12)26-16-8-14(18-11-19-16)24-7-1-6-21-24/h1-9,11H,10H2,(H,22,23,25). The number of aromatic nitrogens is 4. The van der Waals surface area contributed by atoms with Gasteiger partial charge in [-0.2, -0.15) is 10.2 Å². The number of amides is 1. The second kappa shape index (κ2) is 7.79. The smallest absolute Gasteiger partial charge is 0.236 e. The first-order chi connectivity index (χ1) is 13.3. The first-order valence-corrected chi connectivity index (χ1v) is 8.88. The lowest BCUT2D eigenvalue weighted by molar-refractivity contribution is -0.116. The van der Waals surface area contributed by atoms with Gasteiger partial charge in [-0.15, -0.1) is 5.10 Å². The van der Waals surface area contributed by atoms with E-state index in [1.54, 1.807) is 41.5 Å². The quantitative estimate of drug-likeness (QED) is 0.537. The van der Waals surface area contributed by atoms with Crippen LogP contribution in [0.3, 0.4) is 0 Å². The van der Waals surface area contributed by atoms with Gasteiger partial charge in [0.2, 0.25) is 11.8 Å². The summed E-state index contributed by atoms with van der Waals surface area (Å²) in [5, 5.41) is 15.2. The molecule has 0 bridgehead atoms. The molecule has 0 unspecified atom stereocenters. The predicted octanol–water partition coefficient (Wildman–Crippen LogP) is 2.01. The maximum atomic E-state index is 11.1. The highest BCUT2D eigenvalue weighted by Gasteiger charge is 2.15. The van der Waals surface area contributed by atoms with Gasteiger partial charge in [-0.1, -0.05) is 11.8 Å². The van der Waals surface area contributed by atoms with Crippen LogP contribution in [0.1, 0.15) is 5.56 Å². The van der Waals surface area contributed by atoms with Crippen molar-refractivity contribution in [3.63, 3.8) is 0 Å². The van der Waals surface area contributed by atoms with Crippen molar-refractivity contribution in [3.05, 3.63) is 60.7 Å². The Kier molecular flexibility index (Phi) is 4.88. The molecule has 0 saturated carbocycles. The molecule has 1 aliphatic rings. The van der Waals surface area contributed by atoms with E-state index < -0.39 is 0 Å². The van der Waals surface area contributed by atoms with Crippen LogP contribution in [0, 0.1) is 0 Å². The van der Waals surface area contributed by atoms with Gasteiger partial charge in [0.1, 0.15) is 12.1 Å². The zero-order chi connectivity index (χ0) is 18.5. The number of hydrogen-bond donors (Lipinski definition) is 1. The molecule has 4 rings (SSSR count). The summed E-state index contributed by atoms with van der Waals surface area (Å²) in [6.07, 6.45) is 6.49. The monoisotopic (exact) mass is 379 g/mol. The summed E-state index contributed by atoms with van der Waals surface area (Å²) in [4.78, 5) is 19.3. The van der Waals surface area contributed by atoms with Gasteiger partial charge in [0.05, 0.1) is 12.0 Å². The van der Waals surface area contributed by atoms with Crippen LogP contribution in [0.5, 0.6) is 11.6 Å². The Morgan fingerprint density at radius 2 is 2.15 bits per heavy atom. The topological polar surface area (TPSA) is 107 Å². The predicted molar refractivity (Wildman–Crippen MR) is 101 cm³/mol. The van der Waals surface area contributed by atoms with Gasteiger partial charge < -0.3 is 10.1 Å². The van der Waals surface area contributed by atoms with E-state index in [9.17, 15) is 4.79 Å². The number of thioether (sulfide) groups is 1. The van der Waals surface area contributed by atoms with E-state index in [0.717, 1.165) is 5.56 Å². The molecule has 0 radical (unpaired) electrons. The largest absolute Gasteiger partial charge is 0.439 e. The van der Waals surface area contributed by atoms with Gasteiger partial charge >= 0.3 is 0 Å². The summed E-state index contributed by atoms with van der Waals surface area (Å²) in [6.45, 7) is 0. The summed E-state index contributed by atoms with van der Waals surface area (Å²) in [5.41, 5.74) is 0.848. The highest BCUT2D eigenvalue weighted by atomic mass is 32.2. The molecule has 0 atom stereocenters. The summed E-state index contributed by atoms with van der Waals surface area (Å²) in [5.74, 6) is 1.98. The zero-order valence-corrected chi connectivity index (χ0v) is 14.7. The van der Waals surface area contributed by atoms with Crippen LogP contribution in [-0.4, -0.2) is 42.8 Å². The summed E-state index contributed by atoms with van der Waals surface area (Å²) < 4.78 is 7.38. The van der Waals surface area contributed by atoms with Crippen molar-refractivity contribution in [2.45, 2.75) is 0 Å². The molecule has 1 saturated heterocycles. The van der Waals surface area contributed by atoms with Crippen LogP contribution in [0.2, 0.25) is 0 Å². The maximum absolute atomic E-state index is 11.1. The zero-order valence-electron chi connectivity index (χ0n) is 13.9. The molecule has 1 aromatic carbocycles. The van der Waals surface area contributed by atoms with E-state index in [-0.39, 0.29) is 5.91 Å². The fraction of sp³-hybridized carbons (Fsp3) is 0.0588. The Hall–Kier alpha value is -3.53. The number of nitrogens with one attached hydrogen (secondary N) is 1. The molecule has 0 spiro atoms. The molecule has 1 amide bonds. The van der Waals surface area contributed by atoms with Crippen LogP contribution in [0.25, 0.3) is 5.82 Å². The molecule has 3 heterocycles. The van der Waals surface area contributed by atoms with Crippen molar-refractivity contribution in [2.75, 3.05) is 5.75 Å². The Labute approximate surface area is 158 Å². The van der Waals surface area contributed by atoms with Gasteiger partial charge in [-0.25, -0.2) is 14.6 Å². The third kappa shape index (κ3) is 4.36. The van der Waals surface area contributed by atoms with Crippen molar-refractivity contribution in [3.8, 4) is 17.4 Å². The average molecular weight is 379 g/mol. The molecule has 2 aromatic heterocycles. The van der Waals surface area contributed by atoms with Crippen molar-refractivity contribution in [2.24, 2.45) is 10.2 Å². The molecule has 1 fully saturated rings. The minimum atomic E-state index is -0.0594. The lowest BCUT2D eigenvalue weighted by Crippen LogP contribution is -2.19. The van der Waals surface area contributed by atoms with Crippen molar-refractivity contribution >= 4 is 29.1 Å². The van der Waals surface area contributed by atoms with Gasteiger partial charge in [-0.3, -0.25) is 4.79 Å². The molecule has 134 valence electrons. The highest BCUT2D eigenvalue weighted by Crippen LogP contribution is 2.20. The minimum absolute atomic E-state index is 0.0594. The summed E-state index contributed by atoms with van der Waals surface area (Å²) in [6, 6.07) is 10.8. The third-order valence-electron chi connectivity index (χ3n) is 3.41. The average Bonchev–Trinajstić information content (AvgIpc) is 3.36. The number of nitrogens with zero attached hydrogens (tertiary/aromatic N) is 6. The van der Waals surface area contributed by atoms with E-state index in [0.29, 0.717) is 28.4 Å². The number of carbonyl (C=O) groups excluding carboxylic acids is 1. The Morgan fingerprint density at radius 1 is 1.26 bits per heavy atom. The molecule has 3 aromatic rings. The Bertz CT molecular complexity index is 1000. The summed E-state index contributed by atoms with van der Waals surface area (Å²) in [7, 11) is 0. The van der Waals surface area contributed by atoms with Crippen LogP contribution in [-0.2, 0) is 4.79 Å². The van der Waals surface area contributed by atoms with E-state index in [4.69, 9.17) is 4.74 Å². The normalized spacial score (nSPS) is 15.4. The molecule has 10 heteroatoms. The number of ether oxygens (including phenoxy) is 1. The molecule has 0 aliphatic carbocycles. The molecule has 1 aliphatic heterocycles. The number of benzene rings is 1. The Balaban J connectivity index is 1.41. The fourth-order valence-electron chi connectivity index (χ4n) is 2.19. The van der Waals surface area contributed by atoms with Crippen LogP contribution < -0.4 is 10.1 Å². The van der Waals surface area contributed by atoms with E-state index in [2.05, 4.69) is 30.6 Å². The van der Waals surface area contributed by atoms with Crippen LogP contribution in [0.4, 0.5) is 0 Å².